The molecule has 0 radical (unpaired) electrons. The summed E-state index contributed by atoms with van der Waals surface area (Å²) in [6.07, 6.45) is 0. The molecule has 1 fully saturated rings. The van der Waals surface area contributed by atoms with Crippen LogP contribution < -0.4 is 10.2 Å². The molecule has 1 N–H and O–H groups in total. The fourth-order valence-electron chi connectivity index (χ4n) is 2.23. The Balaban J connectivity index is 2.36. The molecule has 0 amide bonds. The van der Waals surface area contributed by atoms with Crippen LogP contribution in [0.15, 0.2) is 18.2 Å². The molecule has 3 nitrogen and oxygen atoms in total. The molecule has 1 aromatic rings. The van der Waals surface area contributed by atoms with Gasteiger partial charge >= 0.3 is 0 Å². The minimum absolute atomic E-state index is 0.0377. The molecule has 0 bridgehead atoms. The lowest BCUT2D eigenvalue weighted by Crippen LogP contribution is -2.58. The number of rotatable bonds is 1. The van der Waals surface area contributed by atoms with Gasteiger partial charge in [-0.2, -0.15) is 5.26 Å². The summed E-state index contributed by atoms with van der Waals surface area (Å²) in [6.45, 7) is 7.20. The summed E-state index contributed by atoms with van der Waals surface area (Å²) in [5.41, 5.74) is 1.65. The fraction of sp³-hybridized carbons (Fsp3) is 0.462. The lowest BCUT2D eigenvalue weighted by atomic mass is 9.99. The smallest absolute Gasteiger partial charge is 0.0992 e. The Bertz CT molecular complexity index is 462. The summed E-state index contributed by atoms with van der Waals surface area (Å²) in [4.78, 5) is 2.30. The third-order valence-electron chi connectivity index (χ3n) is 3.17. The maximum absolute atomic E-state index is 8.83. The Morgan fingerprint density at radius 3 is 2.82 bits per heavy atom. The second-order valence-electron chi connectivity index (χ2n) is 4.92. The first-order chi connectivity index (χ1) is 8.04. The Hall–Kier alpha value is -1.24. The average molecular weight is 250 g/mol. The lowest BCUT2D eigenvalue weighted by molar-refractivity contribution is 0.380. The molecular formula is C13H16ClN3. The molecule has 1 aliphatic rings. The number of halogens is 1. The van der Waals surface area contributed by atoms with E-state index in [-0.39, 0.29) is 5.54 Å². The Labute approximate surface area is 107 Å². The van der Waals surface area contributed by atoms with Crippen molar-refractivity contribution in [3.05, 3.63) is 28.8 Å². The number of anilines is 1. The summed E-state index contributed by atoms with van der Waals surface area (Å²) >= 11 is 6.26. The van der Waals surface area contributed by atoms with E-state index in [1.165, 1.54) is 0 Å². The van der Waals surface area contributed by atoms with E-state index in [1.807, 2.05) is 12.1 Å². The molecule has 1 saturated heterocycles. The molecule has 0 saturated carbocycles. The van der Waals surface area contributed by atoms with E-state index in [0.717, 1.165) is 25.3 Å². The zero-order valence-corrected chi connectivity index (χ0v) is 10.9. The van der Waals surface area contributed by atoms with Crippen LogP contribution in [0.3, 0.4) is 0 Å². The van der Waals surface area contributed by atoms with Gasteiger partial charge in [0.15, 0.2) is 0 Å². The molecule has 90 valence electrons. The molecule has 0 spiro atoms. The van der Waals surface area contributed by atoms with E-state index in [0.29, 0.717) is 10.6 Å². The zero-order valence-electron chi connectivity index (χ0n) is 10.1. The largest absolute Gasteiger partial charge is 0.363 e. The molecule has 4 heteroatoms. The summed E-state index contributed by atoms with van der Waals surface area (Å²) in [7, 11) is 0. The monoisotopic (exact) mass is 249 g/mol. The third kappa shape index (κ3) is 2.38. The van der Waals surface area contributed by atoms with Crippen LogP contribution in [0.2, 0.25) is 5.02 Å². The number of benzene rings is 1. The van der Waals surface area contributed by atoms with Crippen molar-refractivity contribution < 1.29 is 0 Å². The van der Waals surface area contributed by atoms with Gasteiger partial charge in [0.25, 0.3) is 0 Å². The van der Waals surface area contributed by atoms with Crippen LogP contribution in [0.5, 0.6) is 0 Å². The predicted octanol–water partition coefficient (Wildman–Crippen LogP) is 2.40. The van der Waals surface area contributed by atoms with Crippen molar-refractivity contribution in [1.82, 2.24) is 5.32 Å². The molecule has 0 aromatic heterocycles. The fourth-order valence-corrected chi connectivity index (χ4v) is 2.51. The van der Waals surface area contributed by atoms with Crippen molar-refractivity contribution >= 4 is 17.3 Å². The minimum atomic E-state index is 0.0377. The van der Waals surface area contributed by atoms with Crippen molar-refractivity contribution in [3.8, 4) is 6.07 Å². The number of hydrogen-bond acceptors (Lipinski definition) is 3. The van der Waals surface area contributed by atoms with Gasteiger partial charge in [0, 0.05) is 25.2 Å². The normalized spacial score (nSPS) is 18.8. The molecule has 0 atom stereocenters. The molecule has 1 aromatic carbocycles. The first-order valence-corrected chi connectivity index (χ1v) is 6.10. The summed E-state index contributed by atoms with van der Waals surface area (Å²) < 4.78 is 0. The van der Waals surface area contributed by atoms with Crippen LogP contribution >= 0.6 is 11.6 Å². The molecule has 0 aliphatic carbocycles. The van der Waals surface area contributed by atoms with Crippen LogP contribution in [0.25, 0.3) is 0 Å². The maximum Gasteiger partial charge on any atom is 0.0992 e. The van der Waals surface area contributed by atoms with E-state index in [9.17, 15) is 0 Å². The van der Waals surface area contributed by atoms with Gasteiger partial charge in [-0.25, -0.2) is 0 Å². The highest BCUT2D eigenvalue weighted by Gasteiger charge is 2.30. The molecule has 17 heavy (non-hydrogen) atoms. The van der Waals surface area contributed by atoms with Crippen LogP contribution in [0, 0.1) is 11.3 Å². The number of piperazine rings is 1. The second-order valence-corrected chi connectivity index (χ2v) is 5.33. The van der Waals surface area contributed by atoms with Crippen molar-refractivity contribution in [2.75, 3.05) is 24.5 Å². The van der Waals surface area contributed by atoms with Crippen molar-refractivity contribution in [1.29, 1.82) is 5.26 Å². The molecule has 1 heterocycles. The second kappa shape index (κ2) is 4.56. The summed E-state index contributed by atoms with van der Waals surface area (Å²) in [5, 5.41) is 12.9. The van der Waals surface area contributed by atoms with Crippen molar-refractivity contribution in [2.45, 2.75) is 19.4 Å². The molecule has 0 unspecified atom stereocenters. The first-order valence-electron chi connectivity index (χ1n) is 5.72. The zero-order chi connectivity index (χ0) is 12.5. The summed E-state index contributed by atoms with van der Waals surface area (Å²) in [5.74, 6) is 0. The van der Waals surface area contributed by atoms with Gasteiger partial charge in [0.1, 0.15) is 0 Å². The highest BCUT2D eigenvalue weighted by atomic mass is 35.5. The van der Waals surface area contributed by atoms with E-state index in [2.05, 4.69) is 30.1 Å². The topological polar surface area (TPSA) is 39.1 Å². The van der Waals surface area contributed by atoms with Crippen LogP contribution in [0.1, 0.15) is 19.4 Å². The quantitative estimate of drug-likeness (QED) is 0.831. The van der Waals surface area contributed by atoms with E-state index >= 15 is 0 Å². The van der Waals surface area contributed by atoms with Gasteiger partial charge in [0.2, 0.25) is 0 Å². The Morgan fingerprint density at radius 1 is 1.47 bits per heavy atom. The molecule has 1 aliphatic heterocycles. The van der Waals surface area contributed by atoms with Gasteiger partial charge in [-0.05, 0) is 32.0 Å². The van der Waals surface area contributed by atoms with E-state index in [4.69, 9.17) is 16.9 Å². The van der Waals surface area contributed by atoms with E-state index in [1.54, 1.807) is 6.07 Å². The molecule has 2 rings (SSSR count). The molecular weight excluding hydrogens is 234 g/mol. The Morgan fingerprint density at radius 2 is 2.24 bits per heavy atom. The van der Waals surface area contributed by atoms with Crippen molar-refractivity contribution in [3.63, 3.8) is 0 Å². The highest BCUT2D eigenvalue weighted by molar-refractivity contribution is 6.33. The third-order valence-corrected chi connectivity index (χ3v) is 3.47. The van der Waals surface area contributed by atoms with Gasteiger partial charge in [0.05, 0.1) is 22.3 Å². The van der Waals surface area contributed by atoms with Gasteiger partial charge < -0.3 is 10.2 Å². The van der Waals surface area contributed by atoms with Gasteiger partial charge in [-0.3, -0.25) is 0 Å². The first kappa shape index (κ1) is 12.2. The lowest BCUT2D eigenvalue weighted by Gasteiger charge is -2.44. The highest BCUT2D eigenvalue weighted by Crippen LogP contribution is 2.32. The predicted molar refractivity (Wildman–Crippen MR) is 70.5 cm³/mol. The maximum atomic E-state index is 8.83. The van der Waals surface area contributed by atoms with E-state index < -0.39 is 0 Å². The van der Waals surface area contributed by atoms with Crippen LogP contribution in [-0.4, -0.2) is 25.2 Å². The van der Waals surface area contributed by atoms with Gasteiger partial charge in [-0.15, -0.1) is 0 Å². The Kier molecular flexibility index (Phi) is 3.28. The number of nitrogens with one attached hydrogen (secondary N) is 1. The number of nitrogens with zero attached hydrogens (tertiary/aromatic N) is 2. The SMILES string of the molecule is CC1(C)CNCCN1c1ccc(C#N)cc1Cl. The van der Waals surface area contributed by atoms with Crippen LogP contribution in [0.4, 0.5) is 5.69 Å². The minimum Gasteiger partial charge on any atom is -0.363 e. The number of hydrogen-bond donors (Lipinski definition) is 1. The summed E-state index contributed by atoms with van der Waals surface area (Å²) in [6, 6.07) is 7.59. The van der Waals surface area contributed by atoms with Crippen LogP contribution in [-0.2, 0) is 0 Å². The van der Waals surface area contributed by atoms with Crippen molar-refractivity contribution in [2.24, 2.45) is 0 Å². The van der Waals surface area contributed by atoms with Gasteiger partial charge in [-0.1, -0.05) is 11.6 Å². The average Bonchev–Trinajstić information content (AvgIpc) is 2.29. The number of nitriles is 1. The standard InChI is InChI=1S/C13H16ClN3/c1-13(2)9-16-5-6-17(13)12-4-3-10(8-15)7-11(12)14/h3-4,7,16H,5-6,9H2,1-2H3.